The molecule has 0 aromatic heterocycles. The van der Waals surface area contributed by atoms with Crippen molar-refractivity contribution in [2.24, 2.45) is 0 Å². The maximum absolute atomic E-state index is 12.4. The zero-order valence-electron chi connectivity index (χ0n) is 14.3. The minimum atomic E-state index is 0.00603. The van der Waals surface area contributed by atoms with Gasteiger partial charge in [-0.15, -0.1) is 0 Å². The fourth-order valence-corrected chi connectivity index (χ4v) is 3.04. The summed E-state index contributed by atoms with van der Waals surface area (Å²) < 4.78 is 5.84. The van der Waals surface area contributed by atoms with Gasteiger partial charge in [-0.05, 0) is 11.6 Å². The van der Waals surface area contributed by atoms with Crippen LogP contribution in [0.15, 0.2) is 54.6 Å². The van der Waals surface area contributed by atoms with Crippen LogP contribution < -0.4 is 4.74 Å². The van der Waals surface area contributed by atoms with Gasteiger partial charge in [0, 0.05) is 38.3 Å². The van der Waals surface area contributed by atoms with Crippen molar-refractivity contribution >= 4 is 5.91 Å². The molecule has 2 aromatic carbocycles. The van der Waals surface area contributed by atoms with Gasteiger partial charge in [0.1, 0.15) is 5.75 Å². The minimum absolute atomic E-state index is 0.00603. The number of rotatable bonds is 6. The van der Waals surface area contributed by atoms with E-state index in [0.29, 0.717) is 19.6 Å². The number of hydrogen-bond donors (Lipinski definition) is 1. The van der Waals surface area contributed by atoms with Gasteiger partial charge in [-0.25, -0.2) is 0 Å². The van der Waals surface area contributed by atoms with E-state index in [1.165, 1.54) is 0 Å². The smallest absolute Gasteiger partial charge is 0.260 e. The van der Waals surface area contributed by atoms with Crippen molar-refractivity contribution in [1.29, 1.82) is 0 Å². The van der Waals surface area contributed by atoms with Crippen molar-refractivity contribution in [2.45, 2.75) is 0 Å². The number of aliphatic hydroxyl groups excluding tert-OH is 1. The highest BCUT2D eigenvalue weighted by Gasteiger charge is 2.21. The molecule has 5 nitrogen and oxygen atoms in total. The predicted octanol–water partition coefficient (Wildman–Crippen LogP) is 1.87. The number of aliphatic hydroxyl groups is 1. The van der Waals surface area contributed by atoms with Crippen LogP contribution in [0.25, 0.3) is 11.1 Å². The summed E-state index contributed by atoms with van der Waals surface area (Å²) in [5.74, 6) is 0.729. The standard InChI is InChI=1S/C20H24N2O3/c23-15-14-21-10-12-22(13-11-21)20(24)16-25-19-9-5-4-8-18(19)17-6-2-1-3-7-17/h1-9,23H,10-16H2. The summed E-state index contributed by atoms with van der Waals surface area (Å²) in [6.45, 7) is 3.84. The number of piperazine rings is 1. The van der Waals surface area contributed by atoms with Crippen LogP contribution in [-0.4, -0.2) is 66.8 Å². The number of β-amino-alcohol motifs (C(OH)–C–C–N with tert-alkyl or cyclic N) is 1. The minimum Gasteiger partial charge on any atom is -0.483 e. The lowest BCUT2D eigenvalue weighted by Gasteiger charge is -2.34. The first kappa shape index (κ1) is 17.5. The molecular formula is C20H24N2O3. The van der Waals surface area contributed by atoms with E-state index in [4.69, 9.17) is 9.84 Å². The molecule has 1 N–H and O–H groups in total. The summed E-state index contributed by atoms with van der Waals surface area (Å²) in [6, 6.07) is 17.8. The second-order valence-corrected chi connectivity index (χ2v) is 6.10. The van der Waals surface area contributed by atoms with Gasteiger partial charge in [-0.2, -0.15) is 0 Å². The largest absolute Gasteiger partial charge is 0.483 e. The second kappa shape index (κ2) is 8.65. The van der Waals surface area contributed by atoms with Crippen molar-refractivity contribution in [2.75, 3.05) is 45.9 Å². The highest BCUT2D eigenvalue weighted by molar-refractivity contribution is 5.78. The van der Waals surface area contributed by atoms with E-state index in [2.05, 4.69) is 4.90 Å². The van der Waals surface area contributed by atoms with Crippen LogP contribution in [0.2, 0.25) is 0 Å². The van der Waals surface area contributed by atoms with Gasteiger partial charge in [0.25, 0.3) is 5.91 Å². The Morgan fingerprint density at radius 1 is 0.960 bits per heavy atom. The maximum atomic E-state index is 12.4. The SMILES string of the molecule is O=C(COc1ccccc1-c1ccccc1)N1CCN(CCO)CC1. The maximum Gasteiger partial charge on any atom is 0.260 e. The Kier molecular flexibility index (Phi) is 6.04. The Hall–Kier alpha value is -2.37. The number of carbonyl (C=O) groups is 1. The van der Waals surface area contributed by atoms with Crippen LogP contribution in [0.4, 0.5) is 0 Å². The molecule has 25 heavy (non-hydrogen) atoms. The van der Waals surface area contributed by atoms with E-state index in [9.17, 15) is 4.79 Å². The molecular weight excluding hydrogens is 316 g/mol. The van der Waals surface area contributed by atoms with E-state index >= 15 is 0 Å². The molecule has 1 aliphatic heterocycles. The van der Waals surface area contributed by atoms with E-state index < -0.39 is 0 Å². The van der Waals surface area contributed by atoms with Gasteiger partial charge in [0.15, 0.2) is 6.61 Å². The summed E-state index contributed by atoms with van der Waals surface area (Å²) in [5, 5.41) is 8.98. The van der Waals surface area contributed by atoms with Crippen LogP contribution in [-0.2, 0) is 4.79 Å². The number of nitrogens with zero attached hydrogens (tertiary/aromatic N) is 2. The van der Waals surface area contributed by atoms with Gasteiger partial charge in [0.2, 0.25) is 0 Å². The molecule has 1 aliphatic rings. The molecule has 0 radical (unpaired) electrons. The van der Waals surface area contributed by atoms with Crippen LogP contribution in [0.1, 0.15) is 0 Å². The third-order valence-corrected chi connectivity index (χ3v) is 4.46. The molecule has 1 amide bonds. The summed E-state index contributed by atoms with van der Waals surface area (Å²) in [6.07, 6.45) is 0. The topological polar surface area (TPSA) is 53.0 Å². The van der Waals surface area contributed by atoms with E-state index in [1.54, 1.807) is 0 Å². The molecule has 1 heterocycles. The van der Waals surface area contributed by atoms with Crippen molar-refractivity contribution in [3.8, 4) is 16.9 Å². The van der Waals surface area contributed by atoms with E-state index in [0.717, 1.165) is 30.0 Å². The van der Waals surface area contributed by atoms with Crippen molar-refractivity contribution in [3.05, 3.63) is 54.6 Å². The fourth-order valence-electron chi connectivity index (χ4n) is 3.04. The Labute approximate surface area is 148 Å². The van der Waals surface area contributed by atoms with Gasteiger partial charge < -0.3 is 14.7 Å². The van der Waals surface area contributed by atoms with E-state index in [-0.39, 0.29) is 19.1 Å². The number of para-hydroxylation sites is 1. The molecule has 0 aliphatic carbocycles. The van der Waals surface area contributed by atoms with Crippen LogP contribution in [0.5, 0.6) is 5.75 Å². The van der Waals surface area contributed by atoms with Crippen LogP contribution in [0, 0.1) is 0 Å². The monoisotopic (exact) mass is 340 g/mol. The summed E-state index contributed by atoms with van der Waals surface area (Å²) >= 11 is 0. The molecule has 132 valence electrons. The Bertz CT molecular complexity index is 682. The molecule has 5 heteroatoms. The molecule has 2 aromatic rings. The van der Waals surface area contributed by atoms with Gasteiger partial charge in [-0.3, -0.25) is 9.69 Å². The summed E-state index contributed by atoms with van der Waals surface area (Å²) in [5.41, 5.74) is 2.06. The lowest BCUT2D eigenvalue weighted by Crippen LogP contribution is -2.50. The average Bonchev–Trinajstić information content (AvgIpc) is 2.68. The Balaban J connectivity index is 1.58. The zero-order chi connectivity index (χ0) is 17.5. The van der Waals surface area contributed by atoms with Crippen LogP contribution >= 0.6 is 0 Å². The number of ether oxygens (including phenoxy) is 1. The highest BCUT2D eigenvalue weighted by atomic mass is 16.5. The molecule has 0 unspecified atom stereocenters. The normalized spacial score (nSPS) is 15.2. The molecule has 0 atom stereocenters. The van der Waals surface area contributed by atoms with Gasteiger partial charge >= 0.3 is 0 Å². The summed E-state index contributed by atoms with van der Waals surface area (Å²) in [4.78, 5) is 16.4. The number of carbonyl (C=O) groups excluding carboxylic acids is 1. The lowest BCUT2D eigenvalue weighted by molar-refractivity contribution is -0.135. The van der Waals surface area contributed by atoms with Gasteiger partial charge in [-0.1, -0.05) is 48.5 Å². The van der Waals surface area contributed by atoms with Gasteiger partial charge in [0.05, 0.1) is 6.61 Å². The average molecular weight is 340 g/mol. The fraction of sp³-hybridized carbons (Fsp3) is 0.350. The third-order valence-electron chi connectivity index (χ3n) is 4.46. The highest BCUT2D eigenvalue weighted by Crippen LogP contribution is 2.29. The predicted molar refractivity (Wildman–Crippen MR) is 97.5 cm³/mol. The lowest BCUT2D eigenvalue weighted by atomic mass is 10.1. The first-order valence-electron chi connectivity index (χ1n) is 8.66. The molecule has 1 fully saturated rings. The van der Waals surface area contributed by atoms with Crippen LogP contribution in [0.3, 0.4) is 0 Å². The van der Waals surface area contributed by atoms with Crippen molar-refractivity contribution < 1.29 is 14.6 Å². The Morgan fingerprint density at radius 2 is 1.64 bits per heavy atom. The van der Waals surface area contributed by atoms with Crippen molar-refractivity contribution in [1.82, 2.24) is 9.80 Å². The zero-order valence-corrected chi connectivity index (χ0v) is 14.3. The summed E-state index contributed by atoms with van der Waals surface area (Å²) in [7, 11) is 0. The number of benzene rings is 2. The molecule has 0 saturated carbocycles. The van der Waals surface area contributed by atoms with Crippen molar-refractivity contribution in [3.63, 3.8) is 0 Å². The molecule has 1 saturated heterocycles. The first-order valence-corrected chi connectivity index (χ1v) is 8.66. The number of hydrogen-bond acceptors (Lipinski definition) is 4. The molecule has 0 bridgehead atoms. The molecule has 0 spiro atoms. The quantitative estimate of drug-likeness (QED) is 0.872. The number of amides is 1. The first-order chi connectivity index (χ1) is 12.3. The molecule has 3 rings (SSSR count). The Morgan fingerprint density at radius 3 is 2.36 bits per heavy atom. The van der Waals surface area contributed by atoms with E-state index in [1.807, 2.05) is 59.5 Å². The second-order valence-electron chi connectivity index (χ2n) is 6.10. The third kappa shape index (κ3) is 4.59.